The number of anilines is 1. The molecule has 1 saturated heterocycles. The Morgan fingerprint density at radius 2 is 2.25 bits per heavy atom. The second-order valence-corrected chi connectivity index (χ2v) is 5.75. The number of nitrogens with two attached hydrogens (primary N) is 1. The largest absolute Gasteiger partial charge is 0.497 e. The topological polar surface area (TPSA) is 69.4 Å². The second-order valence-electron chi connectivity index (χ2n) is 5.75. The fourth-order valence-corrected chi connectivity index (χ4v) is 2.38. The van der Waals surface area contributed by atoms with Gasteiger partial charge in [-0.15, -0.1) is 0 Å². The third kappa shape index (κ3) is 5.42. The van der Waals surface area contributed by atoms with Crippen LogP contribution in [0.5, 0.6) is 0 Å². The lowest BCUT2D eigenvalue weighted by Gasteiger charge is -2.29. The van der Waals surface area contributed by atoms with E-state index >= 15 is 0 Å². The van der Waals surface area contributed by atoms with Crippen molar-refractivity contribution >= 4 is 5.82 Å². The van der Waals surface area contributed by atoms with Crippen LogP contribution in [0.15, 0.2) is 54.0 Å². The van der Waals surface area contributed by atoms with Crippen molar-refractivity contribution in [3.8, 4) is 0 Å². The molecular weight excluding hydrogens is 302 g/mol. The minimum atomic E-state index is 0.214. The zero-order chi connectivity index (χ0) is 17.4. The summed E-state index contributed by atoms with van der Waals surface area (Å²) < 4.78 is 11.3. The van der Waals surface area contributed by atoms with Crippen molar-refractivity contribution in [1.29, 1.82) is 0 Å². The van der Waals surface area contributed by atoms with Crippen LogP contribution in [-0.4, -0.2) is 31.3 Å². The van der Waals surface area contributed by atoms with Gasteiger partial charge in [0.1, 0.15) is 23.4 Å². The quantitative estimate of drug-likeness (QED) is 0.538. The number of rotatable bonds is 9. The SMILES string of the molecule is C=C(/C=C(OC1CNC1)\C(=C/CCc1cccc(N)n1)CC)OC. The van der Waals surface area contributed by atoms with Crippen molar-refractivity contribution in [3.63, 3.8) is 0 Å². The number of aromatic nitrogens is 1. The van der Waals surface area contributed by atoms with Crippen LogP contribution in [-0.2, 0) is 15.9 Å². The number of nitrogens with zero attached hydrogens (tertiary/aromatic N) is 1. The van der Waals surface area contributed by atoms with Gasteiger partial charge in [0.15, 0.2) is 0 Å². The van der Waals surface area contributed by atoms with Gasteiger partial charge in [0.05, 0.1) is 7.11 Å². The van der Waals surface area contributed by atoms with Crippen LogP contribution >= 0.6 is 0 Å². The lowest BCUT2D eigenvalue weighted by Crippen LogP contribution is -2.48. The van der Waals surface area contributed by atoms with Crippen LogP contribution in [0.2, 0.25) is 0 Å². The predicted molar refractivity (Wildman–Crippen MR) is 97.3 cm³/mol. The van der Waals surface area contributed by atoms with Gasteiger partial charge in [0.25, 0.3) is 0 Å². The number of hydrogen-bond donors (Lipinski definition) is 2. The molecule has 1 fully saturated rings. The third-order valence-electron chi connectivity index (χ3n) is 3.91. The molecule has 5 heteroatoms. The number of ether oxygens (including phenoxy) is 2. The van der Waals surface area contributed by atoms with Crippen LogP contribution in [0.25, 0.3) is 0 Å². The molecule has 0 aliphatic carbocycles. The number of allylic oxidation sites excluding steroid dienone is 3. The normalized spacial score (nSPS) is 15.8. The maximum atomic E-state index is 6.09. The van der Waals surface area contributed by atoms with Gasteiger partial charge in [-0.3, -0.25) is 0 Å². The predicted octanol–water partition coefficient (Wildman–Crippen LogP) is 2.97. The minimum Gasteiger partial charge on any atom is -0.497 e. The lowest BCUT2D eigenvalue weighted by atomic mass is 10.1. The molecule has 1 aliphatic heterocycles. The second kappa shape index (κ2) is 9.13. The van der Waals surface area contributed by atoms with Crippen LogP contribution in [0.4, 0.5) is 5.82 Å². The average molecular weight is 329 g/mol. The zero-order valence-corrected chi connectivity index (χ0v) is 14.5. The Morgan fingerprint density at radius 3 is 2.83 bits per heavy atom. The summed E-state index contributed by atoms with van der Waals surface area (Å²) in [5.41, 5.74) is 7.88. The molecule has 0 saturated carbocycles. The number of hydrogen-bond acceptors (Lipinski definition) is 5. The minimum absolute atomic E-state index is 0.214. The van der Waals surface area contributed by atoms with E-state index in [1.165, 1.54) is 0 Å². The molecule has 1 aromatic rings. The van der Waals surface area contributed by atoms with E-state index in [9.17, 15) is 0 Å². The van der Waals surface area contributed by atoms with Crippen molar-refractivity contribution in [2.45, 2.75) is 32.3 Å². The molecule has 2 rings (SSSR count). The van der Waals surface area contributed by atoms with Crippen molar-refractivity contribution in [2.75, 3.05) is 25.9 Å². The Balaban J connectivity index is 2.05. The summed E-state index contributed by atoms with van der Waals surface area (Å²) >= 11 is 0. The molecule has 130 valence electrons. The number of nitrogen functional groups attached to an aromatic ring is 1. The first-order chi connectivity index (χ1) is 11.6. The fourth-order valence-electron chi connectivity index (χ4n) is 2.38. The maximum absolute atomic E-state index is 6.09. The van der Waals surface area contributed by atoms with Crippen molar-refractivity contribution < 1.29 is 9.47 Å². The number of nitrogens with one attached hydrogen (secondary N) is 1. The van der Waals surface area contributed by atoms with Crippen LogP contribution in [0, 0.1) is 0 Å². The summed E-state index contributed by atoms with van der Waals surface area (Å²) in [6.45, 7) is 7.75. The molecule has 3 N–H and O–H groups in total. The first-order valence-corrected chi connectivity index (χ1v) is 8.35. The van der Waals surface area contributed by atoms with Crippen molar-refractivity contribution in [2.24, 2.45) is 0 Å². The summed E-state index contributed by atoms with van der Waals surface area (Å²) in [7, 11) is 1.61. The van der Waals surface area contributed by atoms with E-state index in [1.54, 1.807) is 13.2 Å². The highest BCUT2D eigenvalue weighted by atomic mass is 16.5. The van der Waals surface area contributed by atoms with Gasteiger partial charge in [-0.1, -0.05) is 25.6 Å². The molecule has 0 aromatic carbocycles. The average Bonchev–Trinajstić information content (AvgIpc) is 2.54. The van der Waals surface area contributed by atoms with Crippen molar-refractivity contribution in [1.82, 2.24) is 10.3 Å². The first kappa shape index (κ1) is 18.1. The molecule has 0 spiro atoms. The summed E-state index contributed by atoms with van der Waals surface area (Å²) in [6, 6.07) is 5.73. The number of aryl methyl sites for hydroxylation is 1. The number of pyridine rings is 1. The van der Waals surface area contributed by atoms with Gasteiger partial charge in [-0.05, 0) is 37.0 Å². The third-order valence-corrected chi connectivity index (χ3v) is 3.91. The van der Waals surface area contributed by atoms with Gasteiger partial charge in [0.2, 0.25) is 0 Å². The van der Waals surface area contributed by atoms with Crippen LogP contribution < -0.4 is 11.1 Å². The van der Waals surface area contributed by atoms with Gasteiger partial charge < -0.3 is 20.5 Å². The Hall–Kier alpha value is -2.27. The van der Waals surface area contributed by atoms with E-state index in [0.717, 1.165) is 49.4 Å². The Morgan fingerprint density at radius 1 is 1.46 bits per heavy atom. The zero-order valence-electron chi connectivity index (χ0n) is 14.5. The van der Waals surface area contributed by atoms with Crippen LogP contribution in [0.3, 0.4) is 0 Å². The maximum Gasteiger partial charge on any atom is 0.126 e. The molecule has 24 heavy (non-hydrogen) atoms. The van der Waals surface area contributed by atoms with Gasteiger partial charge in [-0.2, -0.15) is 0 Å². The van der Waals surface area contributed by atoms with Crippen LogP contribution in [0.1, 0.15) is 25.5 Å². The summed E-state index contributed by atoms with van der Waals surface area (Å²) in [6.07, 6.45) is 6.89. The first-order valence-electron chi connectivity index (χ1n) is 8.35. The lowest BCUT2D eigenvalue weighted by molar-refractivity contribution is 0.0746. The van der Waals surface area contributed by atoms with E-state index in [1.807, 2.05) is 18.2 Å². The van der Waals surface area contributed by atoms with E-state index in [2.05, 4.69) is 29.9 Å². The molecule has 0 atom stereocenters. The highest BCUT2D eigenvalue weighted by Gasteiger charge is 2.20. The molecule has 5 nitrogen and oxygen atoms in total. The highest BCUT2D eigenvalue weighted by molar-refractivity contribution is 5.32. The molecule has 0 bridgehead atoms. The fraction of sp³-hybridized carbons (Fsp3) is 0.421. The highest BCUT2D eigenvalue weighted by Crippen LogP contribution is 2.21. The monoisotopic (exact) mass is 329 g/mol. The summed E-state index contributed by atoms with van der Waals surface area (Å²) in [5.74, 6) is 2.00. The summed E-state index contributed by atoms with van der Waals surface area (Å²) in [5, 5.41) is 3.22. The molecule has 1 aliphatic rings. The molecule has 1 aromatic heterocycles. The van der Waals surface area contributed by atoms with E-state index in [-0.39, 0.29) is 6.10 Å². The molecule has 2 heterocycles. The summed E-state index contributed by atoms with van der Waals surface area (Å²) in [4.78, 5) is 4.33. The smallest absolute Gasteiger partial charge is 0.126 e. The molecule has 0 radical (unpaired) electrons. The Kier molecular flexibility index (Phi) is 6.88. The van der Waals surface area contributed by atoms with Gasteiger partial charge >= 0.3 is 0 Å². The standard InChI is InChI=1S/C19H27N3O2/c1-4-15(7-5-8-16-9-6-10-19(20)22-16)18(11-14(2)23-3)24-17-12-21-13-17/h6-7,9-11,17,21H,2,4-5,8,12-13H2,1,3H3,(H2,20,22)/b15-7-,18-11+. The van der Waals surface area contributed by atoms with E-state index in [4.69, 9.17) is 15.2 Å². The molecule has 0 amide bonds. The molecule has 0 unspecified atom stereocenters. The Bertz CT molecular complexity index is 619. The number of methoxy groups -OCH3 is 1. The van der Waals surface area contributed by atoms with Gasteiger partial charge in [0, 0.05) is 24.9 Å². The molecular formula is C19H27N3O2. The van der Waals surface area contributed by atoms with E-state index in [0.29, 0.717) is 11.6 Å². The Labute approximate surface area is 144 Å². The van der Waals surface area contributed by atoms with Gasteiger partial charge in [-0.25, -0.2) is 4.98 Å². The van der Waals surface area contributed by atoms with E-state index < -0.39 is 0 Å². The van der Waals surface area contributed by atoms with Crippen molar-refractivity contribution in [3.05, 3.63) is 59.7 Å².